The third kappa shape index (κ3) is 3.94. The van der Waals surface area contributed by atoms with Crippen LogP contribution in [0.2, 0.25) is 5.02 Å². The molecule has 3 atom stereocenters. The van der Waals surface area contributed by atoms with Gasteiger partial charge in [0, 0.05) is 22.3 Å². The predicted molar refractivity (Wildman–Crippen MR) is 99.6 cm³/mol. The molecule has 4 rings (SSSR count). The van der Waals surface area contributed by atoms with E-state index in [4.69, 9.17) is 29.9 Å². The highest BCUT2D eigenvalue weighted by atomic mass is 35.5. The minimum atomic E-state index is -3.77. The molecule has 0 amide bonds. The van der Waals surface area contributed by atoms with Gasteiger partial charge in [0.2, 0.25) is 0 Å². The average molecular weight is 429 g/mol. The maximum atomic E-state index is 12.7. The van der Waals surface area contributed by atoms with Crippen LogP contribution >= 0.6 is 19.4 Å². The molecular weight excluding hydrogens is 411 g/mol. The van der Waals surface area contributed by atoms with Crippen molar-refractivity contribution in [3.8, 4) is 5.75 Å². The van der Waals surface area contributed by atoms with E-state index in [1.54, 1.807) is 25.1 Å². The second-order valence-corrected chi connectivity index (χ2v) is 8.66. The predicted octanol–water partition coefficient (Wildman–Crippen LogP) is 2.91. The lowest BCUT2D eigenvalue weighted by Crippen LogP contribution is -2.33. The van der Waals surface area contributed by atoms with Gasteiger partial charge in [-0.25, -0.2) is 9.36 Å². The number of nitrogens with one attached hydrogen (secondary N) is 1. The Kier molecular flexibility index (Phi) is 5.20. The van der Waals surface area contributed by atoms with E-state index in [1.165, 1.54) is 10.8 Å². The van der Waals surface area contributed by atoms with E-state index in [-0.39, 0.29) is 13.2 Å². The summed E-state index contributed by atoms with van der Waals surface area (Å²) in [4.78, 5) is 25.7. The van der Waals surface area contributed by atoms with Crippen LogP contribution in [0, 0.1) is 6.92 Å². The van der Waals surface area contributed by atoms with E-state index >= 15 is 0 Å². The number of phosphoric ester groups is 1. The molecule has 3 heterocycles. The zero-order valence-electron chi connectivity index (χ0n) is 14.9. The Bertz CT molecular complexity index is 1070. The molecule has 2 aliphatic heterocycles. The highest BCUT2D eigenvalue weighted by molar-refractivity contribution is 7.49. The first-order valence-electron chi connectivity index (χ1n) is 8.68. The lowest BCUT2D eigenvalue weighted by molar-refractivity contribution is -0.0265. The van der Waals surface area contributed by atoms with Gasteiger partial charge in [0.15, 0.2) is 0 Å². The number of aryl methyl sites for hydroxylation is 1. The minimum Gasteiger partial charge on any atom is -0.404 e. The molecule has 1 N–H and O–H groups in total. The van der Waals surface area contributed by atoms with Crippen LogP contribution in [-0.2, 0) is 25.0 Å². The standard InChI is InChI=1S/C17H18ClN2O7P/c1-10-7-20(17(22)19-16(10)21)15-5-3-13(26-15)9-25-28(23)24-8-11-6-12(18)2-4-14(11)27-28/h2,4,6-7,13,15H,3,5,8-9H2,1H3,(H,19,21,22). The van der Waals surface area contributed by atoms with Gasteiger partial charge in [0.1, 0.15) is 12.0 Å². The van der Waals surface area contributed by atoms with Gasteiger partial charge in [-0.15, -0.1) is 0 Å². The zero-order chi connectivity index (χ0) is 19.9. The van der Waals surface area contributed by atoms with Crippen LogP contribution < -0.4 is 15.8 Å². The Morgan fingerprint density at radius 3 is 3.00 bits per heavy atom. The molecule has 1 aromatic heterocycles. The SMILES string of the molecule is Cc1cn(C2CCC(COP3(=O)OCc4cc(Cl)ccc4O3)O2)c(=O)[nH]c1=O. The highest BCUT2D eigenvalue weighted by Gasteiger charge is 2.37. The number of nitrogens with zero attached hydrogens (tertiary/aromatic N) is 1. The van der Waals surface area contributed by atoms with Crippen LogP contribution in [0.25, 0.3) is 0 Å². The van der Waals surface area contributed by atoms with Crippen molar-refractivity contribution < 1.29 is 22.9 Å². The first-order chi connectivity index (χ1) is 13.3. The van der Waals surface area contributed by atoms with Gasteiger partial charge in [-0.2, -0.15) is 0 Å². The zero-order valence-corrected chi connectivity index (χ0v) is 16.6. The summed E-state index contributed by atoms with van der Waals surface area (Å²) < 4.78 is 35.9. The van der Waals surface area contributed by atoms with Crippen LogP contribution in [0.4, 0.5) is 0 Å². The summed E-state index contributed by atoms with van der Waals surface area (Å²) in [5.74, 6) is 0.402. The van der Waals surface area contributed by atoms with Crippen LogP contribution in [0.5, 0.6) is 5.75 Å². The lowest BCUT2D eigenvalue weighted by atomic mass is 10.2. The van der Waals surface area contributed by atoms with Crippen molar-refractivity contribution in [1.82, 2.24) is 9.55 Å². The average Bonchev–Trinajstić information content (AvgIpc) is 3.12. The summed E-state index contributed by atoms with van der Waals surface area (Å²) in [6, 6.07) is 4.92. The van der Waals surface area contributed by atoms with Crippen LogP contribution in [0.3, 0.4) is 0 Å². The summed E-state index contributed by atoms with van der Waals surface area (Å²) in [7, 11) is -3.77. The number of aromatic nitrogens is 2. The number of hydrogen-bond donors (Lipinski definition) is 1. The fraction of sp³-hybridized carbons (Fsp3) is 0.412. The second-order valence-electron chi connectivity index (χ2n) is 6.63. The molecule has 9 nitrogen and oxygen atoms in total. The van der Waals surface area contributed by atoms with E-state index in [2.05, 4.69) is 4.98 Å². The monoisotopic (exact) mass is 428 g/mol. The number of benzene rings is 1. The maximum Gasteiger partial charge on any atom is 0.530 e. The van der Waals surface area contributed by atoms with E-state index in [1.807, 2.05) is 0 Å². The van der Waals surface area contributed by atoms with Crippen LogP contribution in [0.15, 0.2) is 34.0 Å². The van der Waals surface area contributed by atoms with Crippen molar-refractivity contribution in [3.05, 3.63) is 61.4 Å². The Morgan fingerprint density at radius 1 is 1.36 bits per heavy atom. The van der Waals surface area contributed by atoms with Crippen molar-refractivity contribution in [2.45, 2.75) is 38.7 Å². The number of ether oxygens (including phenoxy) is 1. The topological polar surface area (TPSA) is 109 Å². The molecule has 3 unspecified atom stereocenters. The summed E-state index contributed by atoms with van der Waals surface area (Å²) >= 11 is 5.92. The first kappa shape index (κ1) is 19.4. The molecule has 1 aromatic carbocycles. The van der Waals surface area contributed by atoms with Crippen molar-refractivity contribution in [2.24, 2.45) is 0 Å². The molecule has 11 heteroatoms. The van der Waals surface area contributed by atoms with Gasteiger partial charge < -0.3 is 9.26 Å². The summed E-state index contributed by atoms with van der Waals surface area (Å²) in [5, 5.41) is 0.529. The van der Waals surface area contributed by atoms with Gasteiger partial charge in [-0.3, -0.25) is 23.4 Å². The molecule has 1 saturated heterocycles. The van der Waals surface area contributed by atoms with Crippen LogP contribution in [-0.4, -0.2) is 22.3 Å². The number of H-pyrrole nitrogens is 1. The number of aromatic amines is 1. The Labute approximate surface area is 164 Å². The van der Waals surface area contributed by atoms with E-state index in [9.17, 15) is 14.2 Å². The van der Waals surface area contributed by atoms with Gasteiger partial charge in [-0.05, 0) is 38.0 Å². The molecule has 0 radical (unpaired) electrons. The first-order valence-corrected chi connectivity index (χ1v) is 10.5. The maximum absolute atomic E-state index is 12.7. The van der Waals surface area contributed by atoms with Gasteiger partial charge in [-0.1, -0.05) is 11.6 Å². The van der Waals surface area contributed by atoms with Crippen molar-refractivity contribution in [1.29, 1.82) is 0 Å². The van der Waals surface area contributed by atoms with Crippen molar-refractivity contribution >= 4 is 19.4 Å². The fourth-order valence-electron chi connectivity index (χ4n) is 3.10. The molecule has 1 fully saturated rings. The Balaban J connectivity index is 1.38. The number of fused-ring (bicyclic) bond motifs is 1. The lowest BCUT2D eigenvalue weighted by Gasteiger charge is -2.25. The Hall–Kier alpha value is -1.90. The highest BCUT2D eigenvalue weighted by Crippen LogP contribution is 2.55. The molecule has 28 heavy (non-hydrogen) atoms. The molecule has 0 aliphatic carbocycles. The summed E-state index contributed by atoms with van der Waals surface area (Å²) in [6.45, 7) is 1.65. The van der Waals surface area contributed by atoms with Crippen molar-refractivity contribution in [2.75, 3.05) is 6.61 Å². The van der Waals surface area contributed by atoms with Gasteiger partial charge in [0.05, 0.1) is 19.3 Å². The smallest absolute Gasteiger partial charge is 0.404 e. The fourth-order valence-corrected chi connectivity index (χ4v) is 4.54. The number of rotatable bonds is 4. The molecular formula is C17H18ClN2O7P. The van der Waals surface area contributed by atoms with E-state index in [0.717, 1.165) is 0 Å². The number of hydrogen-bond acceptors (Lipinski definition) is 7. The third-order valence-electron chi connectivity index (χ3n) is 4.57. The second kappa shape index (κ2) is 7.50. The van der Waals surface area contributed by atoms with E-state index < -0.39 is 31.4 Å². The summed E-state index contributed by atoms with van der Waals surface area (Å²) in [5.41, 5.74) is 0.136. The summed E-state index contributed by atoms with van der Waals surface area (Å²) in [6.07, 6.45) is 1.67. The van der Waals surface area contributed by atoms with Crippen LogP contribution in [0.1, 0.15) is 30.2 Å². The van der Waals surface area contributed by atoms with E-state index in [0.29, 0.717) is 34.7 Å². The minimum absolute atomic E-state index is 0.0201. The van der Waals surface area contributed by atoms with Gasteiger partial charge in [0.25, 0.3) is 5.56 Å². The molecule has 2 aromatic rings. The molecule has 0 saturated carbocycles. The number of phosphoric acid groups is 1. The molecule has 0 bridgehead atoms. The van der Waals surface area contributed by atoms with Gasteiger partial charge >= 0.3 is 13.5 Å². The largest absolute Gasteiger partial charge is 0.530 e. The molecule has 150 valence electrons. The Morgan fingerprint density at radius 2 is 2.18 bits per heavy atom. The molecule has 2 aliphatic rings. The third-order valence-corrected chi connectivity index (χ3v) is 6.14. The number of halogens is 1. The van der Waals surface area contributed by atoms with Crippen molar-refractivity contribution in [3.63, 3.8) is 0 Å². The quantitative estimate of drug-likeness (QED) is 0.746. The normalized spacial score (nSPS) is 26.6. The molecule has 0 spiro atoms.